The van der Waals surface area contributed by atoms with Crippen molar-refractivity contribution < 1.29 is 9.53 Å². The standard InChI is InChI=1S/C15H21ClN2O2/c1-10(11-6-7-11)18(8-9-20-2)15(19)12-4-3-5-13(16)14(12)17/h3-5,10-11H,6-9,17H2,1-2H3. The van der Waals surface area contributed by atoms with Crippen LogP contribution in [0, 0.1) is 5.92 Å². The second-order valence-electron chi connectivity index (χ2n) is 5.27. The van der Waals surface area contributed by atoms with Gasteiger partial charge in [-0.25, -0.2) is 0 Å². The molecule has 110 valence electrons. The third-order valence-corrected chi connectivity index (χ3v) is 4.21. The minimum Gasteiger partial charge on any atom is -0.397 e. The fourth-order valence-electron chi connectivity index (χ4n) is 2.39. The van der Waals surface area contributed by atoms with E-state index in [0.717, 1.165) is 0 Å². The fraction of sp³-hybridized carbons (Fsp3) is 0.533. The first-order chi connectivity index (χ1) is 9.56. The maximum Gasteiger partial charge on any atom is 0.256 e. The molecule has 2 rings (SSSR count). The summed E-state index contributed by atoms with van der Waals surface area (Å²) in [5.74, 6) is 0.526. The van der Waals surface area contributed by atoms with Crippen LogP contribution in [-0.2, 0) is 4.74 Å². The molecule has 1 aliphatic carbocycles. The van der Waals surface area contributed by atoms with Gasteiger partial charge in [0.1, 0.15) is 0 Å². The quantitative estimate of drug-likeness (QED) is 0.821. The molecule has 4 nitrogen and oxygen atoms in total. The van der Waals surface area contributed by atoms with Crippen molar-refractivity contribution in [3.63, 3.8) is 0 Å². The van der Waals surface area contributed by atoms with Gasteiger partial charge in [-0.15, -0.1) is 0 Å². The van der Waals surface area contributed by atoms with Crippen LogP contribution in [0.25, 0.3) is 0 Å². The highest BCUT2D eigenvalue weighted by Gasteiger charge is 2.34. The second kappa shape index (κ2) is 6.46. The van der Waals surface area contributed by atoms with Gasteiger partial charge >= 0.3 is 0 Å². The topological polar surface area (TPSA) is 55.6 Å². The minimum absolute atomic E-state index is 0.0681. The first-order valence-electron chi connectivity index (χ1n) is 6.90. The maximum absolute atomic E-state index is 12.7. The van der Waals surface area contributed by atoms with Crippen LogP contribution in [0.15, 0.2) is 18.2 Å². The van der Waals surface area contributed by atoms with Crippen LogP contribution in [0.2, 0.25) is 5.02 Å². The number of hydrogen-bond acceptors (Lipinski definition) is 3. The highest BCUT2D eigenvalue weighted by atomic mass is 35.5. The van der Waals surface area contributed by atoms with Crippen molar-refractivity contribution in [1.29, 1.82) is 0 Å². The molecule has 0 radical (unpaired) electrons. The highest BCUT2D eigenvalue weighted by Crippen LogP contribution is 2.36. The number of nitrogens with zero attached hydrogens (tertiary/aromatic N) is 1. The van der Waals surface area contributed by atoms with E-state index in [0.29, 0.717) is 35.3 Å². The van der Waals surface area contributed by atoms with Crippen molar-refractivity contribution in [2.24, 2.45) is 5.92 Å². The molecule has 1 unspecified atom stereocenters. The molecule has 0 saturated heterocycles. The molecule has 1 atom stereocenters. The number of methoxy groups -OCH3 is 1. The first-order valence-corrected chi connectivity index (χ1v) is 7.28. The maximum atomic E-state index is 12.7. The van der Waals surface area contributed by atoms with Crippen LogP contribution < -0.4 is 5.73 Å². The van der Waals surface area contributed by atoms with Crippen molar-refractivity contribution in [3.8, 4) is 0 Å². The van der Waals surface area contributed by atoms with Crippen molar-refractivity contribution >= 4 is 23.2 Å². The van der Waals surface area contributed by atoms with Crippen molar-refractivity contribution in [2.75, 3.05) is 26.0 Å². The average Bonchev–Trinajstić information content (AvgIpc) is 3.26. The zero-order chi connectivity index (χ0) is 14.7. The number of para-hydroxylation sites is 1. The van der Waals surface area contributed by atoms with Crippen LogP contribution in [0.1, 0.15) is 30.1 Å². The molecule has 0 aliphatic heterocycles. The third-order valence-electron chi connectivity index (χ3n) is 3.88. The molecule has 0 bridgehead atoms. The predicted molar refractivity (Wildman–Crippen MR) is 81.0 cm³/mol. The highest BCUT2D eigenvalue weighted by molar-refractivity contribution is 6.33. The lowest BCUT2D eigenvalue weighted by molar-refractivity contribution is 0.0595. The number of rotatable bonds is 6. The van der Waals surface area contributed by atoms with E-state index >= 15 is 0 Å². The van der Waals surface area contributed by atoms with Gasteiger partial charge in [0, 0.05) is 19.7 Å². The average molecular weight is 297 g/mol. The Bertz CT molecular complexity index is 489. The number of benzene rings is 1. The summed E-state index contributed by atoms with van der Waals surface area (Å²) in [4.78, 5) is 14.6. The van der Waals surface area contributed by atoms with E-state index in [1.54, 1.807) is 25.3 Å². The Morgan fingerprint density at radius 3 is 2.85 bits per heavy atom. The van der Waals surface area contributed by atoms with E-state index in [-0.39, 0.29) is 11.9 Å². The Balaban J connectivity index is 2.22. The lowest BCUT2D eigenvalue weighted by atomic mass is 10.1. The summed E-state index contributed by atoms with van der Waals surface area (Å²) in [6.07, 6.45) is 2.37. The zero-order valence-corrected chi connectivity index (χ0v) is 12.7. The van der Waals surface area contributed by atoms with Crippen LogP contribution in [0.5, 0.6) is 0 Å². The van der Waals surface area contributed by atoms with Gasteiger partial charge in [-0.2, -0.15) is 0 Å². The molecule has 2 N–H and O–H groups in total. The molecule has 5 heteroatoms. The number of ether oxygens (including phenoxy) is 1. The number of amides is 1. The normalized spacial score (nSPS) is 15.9. The zero-order valence-electron chi connectivity index (χ0n) is 11.9. The Labute approximate surface area is 124 Å². The number of halogens is 1. The minimum atomic E-state index is -0.0681. The van der Waals surface area contributed by atoms with Crippen LogP contribution >= 0.6 is 11.6 Å². The molecule has 1 amide bonds. The van der Waals surface area contributed by atoms with Gasteiger partial charge < -0.3 is 15.4 Å². The van der Waals surface area contributed by atoms with Crippen LogP contribution in [-0.4, -0.2) is 37.1 Å². The van der Waals surface area contributed by atoms with Gasteiger partial charge in [0.15, 0.2) is 0 Å². The number of carbonyl (C=O) groups is 1. The molecular weight excluding hydrogens is 276 g/mol. The van der Waals surface area contributed by atoms with E-state index in [1.807, 2.05) is 4.90 Å². The van der Waals surface area contributed by atoms with Gasteiger partial charge in [0.2, 0.25) is 0 Å². The molecule has 0 aromatic heterocycles. The first kappa shape index (κ1) is 15.1. The van der Waals surface area contributed by atoms with Gasteiger partial charge in [-0.3, -0.25) is 4.79 Å². The van der Waals surface area contributed by atoms with E-state index in [1.165, 1.54) is 12.8 Å². The molecule has 0 heterocycles. The monoisotopic (exact) mass is 296 g/mol. The number of carbonyl (C=O) groups excluding carboxylic acids is 1. The Morgan fingerprint density at radius 1 is 1.55 bits per heavy atom. The van der Waals surface area contributed by atoms with Gasteiger partial charge in [0.25, 0.3) is 5.91 Å². The number of nitrogen functional groups attached to an aromatic ring is 1. The van der Waals surface area contributed by atoms with Gasteiger partial charge in [-0.1, -0.05) is 17.7 Å². The van der Waals surface area contributed by atoms with Gasteiger partial charge in [0.05, 0.1) is 22.9 Å². The lowest BCUT2D eigenvalue weighted by Crippen LogP contribution is -2.42. The van der Waals surface area contributed by atoms with Crippen molar-refractivity contribution in [1.82, 2.24) is 4.90 Å². The van der Waals surface area contributed by atoms with E-state index in [9.17, 15) is 4.79 Å². The van der Waals surface area contributed by atoms with E-state index in [2.05, 4.69) is 6.92 Å². The second-order valence-corrected chi connectivity index (χ2v) is 5.68. The number of nitrogens with two attached hydrogens (primary N) is 1. The van der Waals surface area contributed by atoms with Crippen LogP contribution in [0.3, 0.4) is 0 Å². The molecule has 1 saturated carbocycles. The Hall–Kier alpha value is -1.26. The molecular formula is C15H21ClN2O2. The molecule has 1 aliphatic rings. The van der Waals surface area contributed by atoms with E-state index in [4.69, 9.17) is 22.1 Å². The van der Waals surface area contributed by atoms with Crippen molar-refractivity contribution in [2.45, 2.75) is 25.8 Å². The summed E-state index contributed by atoms with van der Waals surface area (Å²) < 4.78 is 5.11. The molecule has 1 aromatic carbocycles. The largest absolute Gasteiger partial charge is 0.397 e. The number of hydrogen-bond donors (Lipinski definition) is 1. The molecule has 1 aromatic rings. The predicted octanol–water partition coefficient (Wildman–Crippen LogP) is 2.81. The Kier molecular flexibility index (Phi) is 4.89. The third kappa shape index (κ3) is 3.25. The fourth-order valence-corrected chi connectivity index (χ4v) is 2.57. The lowest BCUT2D eigenvalue weighted by Gasteiger charge is -2.29. The molecule has 20 heavy (non-hydrogen) atoms. The van der Waals surface area contributed by atoms with Crippen molar-refractivity contribution in [3.05, 3.63) is 28.8 Å². The summed E-state index contributed by atoms with van der Waals surface area (Å²) in [5, 5.41) is 0.418. The summed E-state index contributed by atoms with van der Waals surface area (Å²) in [5.41, 5.74) is 6.76. The summed E-state index contributed by atoms with van der Waals surface area (Å²) in [6, 6.07) is 5.37. The Morgan fingerprint density at radius 2 is 2.25 bits per heavy atom. The number of anilines is 1. The summed E-state index contributed by atoms with van der Waals surface area (Å²) in [6.45, 7) is 3.17. The molecule has 0 spiro atoms. The molecule has 1 fully saturated rings. The summed E-state index contributed by atoms with van der Waals surface area (Å²) in [7, 11) is 1.64. The smallest absolute Gasteiger partial charge is 0.256 e. The van der Waals surface area contributed by atoms with Gasteiger partial charge in [-0.05, 0) is 37.8 Å². The van der Waals surface area contributed by atoms with Crippen LogP contribution in [0.4, 0.5) is 5.69 Å². The SMILES string of the molecule is COCCN(C(=O)c1cccc(Cl)c1N)C(C)C1CC1. The van der Waals surface area contributed by atoms with E-state index < -0.39 is 0 Å². The summed E-state index contributed by atoms with van der Waals surface area (Å²) >= 11 is 6.00.